The molecule has 5 heteroatoms. The summed E-state index contributed by atoms with van der Waals surface area (Å²) in [5.74, 6) is -0.605. The minimum atomic E-state index is -0.952. The molecule has 0 aliphatic carbocycles. The lowest BCUT2D eigenvalue weighted by Gasteiger charge is -2.15. The number of hydrogen-bond donors (Lipinski definition) is 1. The van der Waals surface area contributed by atoms with Crippen molar-refractivity contribution < 1.29 is 19.1 Å². The topological polar surface area (TPSA) is 64.6 Å². The van der Waals surface area contributed by atoms with Gasteiger partial charge in [0.1, 0.15) is 11.3 Å². The number of anilines is 1. The Labute approximate surface area is 151 Å². The SMILES string of the molecule is COc1ccccc1C(=O)O[C@@H](C)C(=O)Nc1cccc2ccccc12. The van der Waals surface area contributed by atoms with Crippen LogP contribution in [0.4, 0.5) is 5.69 Å². The van der Waals surface area contributed by atoms with Gasteiger partial charge in [-0.25, -0.2) is 4.79 Å². The number of nitrogens with one attached hydrogen (secondary N) is 1. The molecule has 0 aromatic heterocycles. The van der Waals surface area contributed by atoms with E-state index in [4.69, 9.17) is 9.47 Å². The Kier molecular flexibility index (Phi) is 5.17. The fraction of sp³-hybridized carbons (Fsp3) is 0.143. The zero-order valence-electron chi connectivity index (χ0n) is 14.6. The van der Waals surface area contributed by atoms with E-state index in [0.29, 0.717) is 11.4 Å². The number of fused-ring (bicyclic) bond motifs is 1. The molecule has 0 saturated carbocycles. The Bertz CT molecular complexity index is 946. The molecule has 0 aliphatic heterocycles. The number of carbonyl (C=O) groups is 2. The summed E-state index contributed by atoms with van der Waals surface area (Å²) in [5, 5.41) is 4.76. The standard InChI is InChI=1S/C21H19NO4/c1-14(26-21(24)17-11-5-6-13-19(17)25-2)20(23)22-18-12-7-9-15-8-3-4-10-16(15)18/h3-14H,1-2H3,(H,22,23)/t14-/m0/s1. The van der Waals surface area contributed by atoms with E-state index in [9.17, 15) is 9.59 Å². The molecule has 3 aromatic rings. The number of rotatable bonds is 5. The number of para-hydroxylation sites is 1. The van der Waals surface area contributed by atoms with Gasteiger partial charge in [0.25, 0.3) is 5.91 Å². The summed E-state index contributed by atoms with van der Waals surface area (Å²) in [6.45, 7) is 1.54. The van der Waals surface area contributed by atoms with E-state index < -0.39 is 18.0 Å². The fourth-order valence-corrected chi connectivity index (χ4v) is 2.66. The van der Waals surface area contributed by atoms with E-state index >= 15 is 0 Å². The van der Waals surface area contributed by atoms with Crippen LogP contribution in [0.3, 0.4) is 0 Å². The molecule has 0 bridgehead atoms. The van der Waals surface area contributed by atoms with Crippen molar-refractivity contribution in [3.8, 4) is 5.75 Å². The highest BCUT2D eigenvalue weighted by atomic mass is 16.5. The summed E-state index contributed by atoms with van der Waals surface area (Å²) in [7, 11) is 1.47. The lowest BCUT2D eigenvalue weighted by atomic mass is 10.1. The fourth-order valence-electron chi connectivity index (χ4n) is 2.66. The Morgan fingerprint density at radius 3 is 2.42 bits per heavy atom. The lowest BCUT2D eigenvalue weighted by Crippen LogP contribution is -2.30. The summed E-state index contributed by atoms with van der Waals surface area (Å²) in [6, 6.07) is 20.1. The van der Waals surface area contributed by atoms with Gasteiger partial charge in [0.15, 0.2) is 6.10 Å². The van der Waals surface area contributed by atoms with Crippen molar-refractivity contribution >= 4 is 28.3 Å². The van der Waals surface area contributed by atoms with Gasteiger partial charge in [-0.05, 0) is 30.5 Å². The average molecular weight is 349 g/mol. The van der Waals surface area contributed by atoms with Crippen LogP contribution in [-0.2, 0) is 9.53 Å². The summed E-state index contributed by atoms with van der Waals surface area (Å²) in [5.41, 5.74) is 0.952. The van der Waals surface area contributed by atoms with E-state index in [1.807, 2.05) is 42.5 Å². The number of carbonyl (C=O) groups excluding carboxylic acids is 2. The number of hydrogen-bond acceptors (Lipinski definition) is 4. The maximum absolute atomic E-state index is 12.5. The first-order chi connectivity index (χ1) is 12.6. The van der Waals surface area contributed by atoms with Gasteiger partial charge in [-0.2, -0.15) is 0 Å². The van der Waals surface area contributed by atoms with Crippen molar-refractivity contribution in [2.24, 2.45) is 0 Å². The van der Waals surface area contributed by atoms with E-state index in [1.54, 1.807) is 24.3 Å². The smallest absolute Gasteiger partial charge is 0.342 e. The van der Waals surface area contributed by atoms with Crippen molar-refractivity contribution in [2.75, 3.05) is 12.4 Å². The normalized spacial score (nSPS) is 11.6. The van der Waals surface area contributed by atoms with Gasteiger partial charge in [0, 0.05) is 11.1 Å². The van der Waals surface area contributed by atoms with Crippen molar-refractivity contribution in [2.45, 2.75) is 13.0 Å². The molecule has 26 heavy (non-hydrogen) atoms. The van der Waals surface area contributed by atoms with Crippen molar-refractivity contribution in [3.05, 3.63) is 72.3 Å². The second-order valence-corrected chi connectivity index (χ2v) is 5.76. The molecule has 1 atom stereocenters. The molecule has 132 valence electrons. The maximum atomic E-state index is 12.5. The number of esters is 1. The van der Waals surface area contributed by atoms with Gasteiger partial charge in [-0.1, -0.05) is 48.5 Å². The summed E-state index contributed by atoms with van der Waals surface area (Å²) >= 11 is 0. The van der Waals surface area contributed by atoms with Gasteiger partial charge >= 0.3 is 5.97 Å². The van der Waals surface area contributed by atoms with Gasteiger partial charge < -0.3 is 14.8 Å². The molecule has 1 amide bonds. The molecule has 0 spiro atoms. The van der Waals surface area contributed by atoms with Gasteiger partial charge in [0.05, 0.1) is 7.11 Å². The highest BCUT2D eigenvalue weighted by molar-refractivity contribution is 6.04. The third-order valence-corrected chi connectivity index (χ3v) is 4.03. The maximum Gasteiger partial charge on any atom is 0.342 e. The van der Waals surface area contributed by atoms with Crippen LogP contribution in [0.1, 0.15) is 17.3 Å². The first kappa shape index (κ1) is 17.5. The minimum Gasteiger partial charge on any atom is -0.496 e. The number of amides is 1. The van der Waals surface area contributed by atoms with Gasteiger partial charge in [-0.3, -0.25) is 4.79 Å². The zero-order valence-corrected chi connectivity index (χ0v) is 14.6. The van der Waals surface area contributed by atoms with Crippen LogP contribution in [0.5, 0.6) is 5.75 Å². The summed E-state index contributed by atoms with van der Waals surface area (Å²) < 4.78 is 10.4. The van der Waals surface area contributed by atoms with E-state index in [-0.39, 0.29) is 5.56 Å². The molecule has 5 nitrogen and oxygen atoms in total. The molecule has 0 fully saturated rings. The third kappa shape index (κ3) is 3.67. The summed E-state index contributed by atoms with van der Waals surface area (Å²) in [4.78, 5) is 24.8. The Balaban J connectivity index is 1.72. The molecule has 1 N–H and O–H groups in total. The second-order valence-electron chi connectivity index (χ2n) is 5.76. The monoisotopic (exact) mass is 349 g/mol. The summed E-state index contributed by atoms with van der Waals surface area (Å²) in [6.07, 6.45) is -0.952. The Morgan fingerprint density at radius 2 is 1.62 bits per heavy atom. The molecular weight excluding hydrogens is 330 g/mol. The highest BCUT2D eigenvalue weighted by Crippen LogP contribution is 2.23. The predicted molar refractivity (Wildman–Crippen MR) is 100 cm³/mol. The largest absolute Gasteiger partial charge is 0.496 e. The van der Waals surface area contributed by atoms with Crippen LogP contribution >= 0.6 is 0 Å². The second kappa shape index (κ2) is 7.70. The average Bonchev–Trinajstić information content (AvgIpc) is 2.68. The quantitative estimate of drug-likeness (QED) is 0.706. The van der Waals surface area contributed by atoms with Crippen molar-refractivity contribution in [1.29, 1.82) is 0 Å². The molecule has 0 aliphatic rings. The predicted octanol–water partition coefficient (Wildman–Crippen LogP) is 4.03. The van der Waals surface area contributed by atoms with E-state index in [2.05, 4.69) is 5.32 Å². The molecular formula is C21H19NO4. The molecule has 3 rings (SSSR count). The first-order valence-corrected chi connectivity index (χ1v) is 8.23. The van der Waals surface area contributed by atoms with Crippen molar-refractivity contribution in [3.63, 3.8) is 0 Å². The van der Waals surface area contributed by atoms with Gasteiger partial charge in [-0.15, -0.1) is 0 Å². The lowest BCUT2D eigenvalue weighted by molar-refractivity contribution is -0.123. The zero-order chi connectivity index (χ0) is 18.5. The third-order valence-electron chi connectivity index (χ3n) is 4.03. The number of benzene rings is 3. The van der Waals surface area contributed by atoms with Crippen LogP contribution in [0.15, 0.2) is 66.7 Å². The number of methoxy groups -OCH3 is 1. The number of ether oxygens (including phenoxy) is 2. The van der Waals surface area contributed by atoms with Gasteiger partial charge in [0.2, 0.25) is 0 Å². The highest BCUT2D eigenvalue weighted by Gasteiger charge is 2.21. The molecule has 0 heterocycles. The van der Waals surface area contributed by atoms with Crippen LogP contribution in [0.25, 0.3) is 10.8 Å². The van der Waals surface area contributed by atoms with Crippen LogP contribution in [0, 0.1) is 0 Å². The molecule has 3 aromatic carbocycles. The Hall–Kier alpha value is -3.34. The van der Waals surface area contributed by atoms with Crippen LogP contribution in [0.2, 0.25) is 0 Å². The minimum absolute atomic E-state index is 0.278. The van der Waals surface area contributed by atoms with Crippen molar-refractivity contribution in [1.82, 2.24) is 0 Å². The molecule has 0 unspecified atom stereocenters. The van der Waals surface area contributed by atoms with E-state index in [0.717, 1.165) is 10.8 Å². The van der Waals surface area contributed by atoms with Crippen LogP contribution in [-0.4, -0.2) is 25.1 Å². The molecule has 0 saturated heterocycles. The van der Waals surface area contributed by atoms with E-state index in [1.165, 1.54) is 14.0 Å². The van der Waals surface area contributed by atoms with Crippen LogP contribution < -0.4 is 10.1 Å². The Morgan fingerprint density at radius 1 is 0.923 bits per heavy atom. The first-order valence-electron chi connectivity index (χ1n) is 8.23. The molecule has 0 radical (unpaired) electrons.